The van der Waals surface area contributed by atoms with Crippen LogP contribution >= 0.6 is 11.8 Å². The predicted molar refractivity (Wildman–Crippen MR) is 56.6 cm³/mol. The molecule has 1 rings (SSSR count). The summed E-state index contributed by atoms with van der Waals surface area (Å²) in [4.78, 5) is 11.1. The topological polar surface area (TPSA) is 69.6 Å². The molecule has 0 amide bonds. The molecule has 4 nitrogen and oxygen atoms in total. The number of nitrogens with one attached hydrogen (secondary N) is 1. The van der Waals surface area contributed by atoms with Gasteiger partial charge in [-0.1, -0.05) is 0 Å². The van der Waals surface area contributed by atoms with Crippen molar-refractivity contribution in [3.8, 4) is 0 Å². The van der Waals surface area contributed by atoms with Gasteiger partial charge in [-0.2, -0.15) is 11.8 Å². The van der Waals surface area contributed by atoms with Gasteiger partial charge in [0.05, 0.1) is 6.61 Å². The Balaban J connectivity index is 2.48. The Hall–Kier alpha value is -0.260. The van der Waals surface area contributed by atoms with Gasteiger partial charge in [0.15, 0.2) is 0 Å². The van der Waals surface area contributed by atoms with Crippen molar-refractivity contribution in [3.05, 3.63) is 0 Å². The van der Waals surface area contributed by atoms with Gasteiger partial charge in [-0.3, -0.25) is 4.79 Å². The molecule has 0 saturated heterocycles. The van der Waals surface area contributed by atoms with Crippen LogP contribution in [0.2, 0.25) is 0 Å². The Morgan fingerprint density at radius 1 is 1.71 bits per heavy atom. The van der Waals surface area contributed by atoms with Gasteiger partial charge >= 0.3 is 5.97 Å². The number of hydrogen-bond acceptors (Lipinski definition) is 4. The number of thioether (sulfide) groups is 1. The lowest BCUT2D eigenvalue weighted by Crippen LogP contribution is -2.48. The van der Waals surface area contributed by atoms with Crippen LogP contribution in [-0.4, -0.2) is 46.4 Å². The first-order chi connectivity index (χ1) is 6.64. The molecule has 2 unspecified atom stereocenters. The van der Waals surface area contributed by atoms with Gasteiger partial charge in [0.25, 0.3) is 0 Å². The van der Waals surface area contributed by atoms with Crippen molar-refractivity contribution in [2.24, 2.45) is 0 Å². The normalized spacial score (nSPS) is 32.0. The summed E-state index contributed by atoms with van der Waals surface area (Å²) in [5.41, 5.74) is -0.729. The largest absolute Gasteiger partial charge is 0.480 e. The zero-order valence-electron chi connectivity index (χ0n) is 8.32. The Morgan fingerprint density at radius 2 is 2.43 bits per heavy atom. The minimum Gasteiger partial charge on any atom is -0.480 e. The number of likely N-dealkylation sites (N-methyl/N-ethyl adjacent to an activating group) is 1. The van der Waals surface area contributed by atoms with Gasteiger partial charge in [-0.25, -0.2) is 0 Å². The van der Waals surface area contributed by atoms with Crippen LogP contribution in [0.3, 0.4) is 0 Å². The summed E-state index contributed by atoms with van der Waals surface area (Å²) < 4.78 is 0. The van der Waals surface area contributed by atoms with Gasteiger partial charge in [0.2, 0.25) is 0 Å². The van der Waals surface area contributed by atoms with E-state index in [2.05, 4.69) is 5.32 Å². The molecule has 1 saturated carbocycles. The summed E-state index contributed by atoms with van der Waals surface area (Å²) in [5, 5.41) is 21.0. The highest BCUT2D eigenvalue weighted by atomic mass is 32.2. The van der Waals surface area contributed by atoms with Crippen LogP contribution in [0.1, 0.15) is 19.3 Å². The van der Waals surface area contributed by atoms with Crippen molar-refractivity contribution in [2.45, 2.75) is 30.1 Å². The van der Waals surface area contributed by atoms with E-state index in [9.17, 15) is 4.79 Å². The summed E-state index contributed by atoms with van der Waals surface area (Å²) in [6.45, 7) is 0.167. The van der Waals surface area contributed by atoms with E-state index in [1.807, 2.05) is 0 Å². The van der Waals surface area contributed by atoms with Crippen LogP contribution in [0, 0.1) is 0 Å². The summed E-state index contributed by atoms with van der Waals surface area (Å²) in [5.74, 6) is -0.0588. The van der Waals surface area contributed by atoms with Crippen molar-refractivity contribution in [2.75, 3.05) is 19.4 Å². The first kappa shape index (κ1) is 11.8. The molecule has 0 heterocycles. The molecule has 2 atom stereocenters. The third kappa shape index (κ3) is 2.40. The molecule has 0 aliphatic heterocycles. The highest BCUT2D eigenvalue weighted by Gasteiger charge is 2.44. The van der Waals surface area contributed by atoms with E-state index >= 15 is 0 Å². The lowest BCUT2D eigenvalue weighted by molar-refractivity contribution is -0.144. The molecule has 1 aliphatic rings. The highest BCUT2D eigenvalue weighted by molar-refractivity contribution is 7.99. The maximum atomic E-state index is 11.1. The van der Waals surface area contributed by atoms with Crippen molar-refractivity contribution in [1.29, 1.82) is 0 Å². The van der Waals surface area contributed by atoms with Gasteiger partial charge in [0, 0.05) is 11.0 Å². The van der Waals surface area contributed by atoms with Crippen LogP contribution in [0.4, 0.5) is 0 Å². The van der Waals surface area contributed by atoms with Crippen molar-refractivity contribution < 1.29 is 15.0 Å². The number of aliphatic hydroxyl groups is 1. The van der Waals surface area contributed by atoms with E-state index in [0.717, 1.165) is 6.42 Å². The quantitative estimate of drug-likeness (QED) is 0.621. The average molecular weight is 219 g/mol. The standard InChI is InChI=1S/C9H17NO3S/c1-10-9(8(12)13)3-2-7(6-9)14-5-4-11/h7,10-11H,2-6H2,1H3,(H,12,13). The molecule has 0 aromatic heterocycles. The van der Waals surface area contributed by atoms with E-state index in [4.69, 9.17) is 10.2 Å². The van der Waals surface area contributed by atoms with E-state index < -0.39 is 11.5 Å². The summed E-state index contributed by atoms with van der Waals surface area (Å²) in [6.07, 6.45) is 2.25. The Kier molecular flexibility index (Phi) is 4.22. The molecule has 3 N–H and O–H groups in total. The SMILES string of the molecule is CNC1(C(=O)O)CCC(SCCO)C1. The number of carboxylic acid groups (broad SMARTS) is 1. The number of rotatable bonds is 5. The number of carbonyl (C=O) groups is 1. The van der Waals surface area contributed by atoms with Crippen LogP contribution < -0.4 is 5.32 Å². The fourth-order valence-corrected chi connectivity index (χ4v) is 3.02. The van der Waals surface area contributed by atoms with Gasteiger partial charge in [0.1, 0.15) is 5.54 Å². The second-order valence-corrected chi connectivity index (χ2v) is 5.00. The predicted octanol–water partition coefficient (Wildman–Crippen LogP) is 0.307. The average Bonchev–Trinajstić information content (AvgIpc) is 2.59. The lowest BCUT2D eigenvalue weighted by atomic mass is 9.99. The molecule has 1 aliphatic carbocycles. The van der Waals surface area contributed by atoms with E-state index in [1.165, 1.54) is 0 Å². The smallest absolute Gasteiger partial charge is 0.323 e. The molecule has 5 heteroatoms. The lowest BCUT2D eigenvalue weighted by Gasteiger charge is -2.23. The molecular weight excluding hydrogens is 202 g/mol. The molecule has 0 radical (unpaired) electrons. The number of aliphatic hydroxyl groups excluding tert-OH is 1. The summed E-state index contributed by atoms with van der Waals surface area (Å²) >= 11 is 1.67. The maximum Gasteiger partial charge on any atom is 0.323 e. The summed E-state index contributed by atoms with van der Waals surface area (Å²) in [6, 6.07) is 0. The molecule has 82 valence electrons. The molecule has 14 heavy (non-hydrogen) atoms. The number of aliphatic carboxylic acids is 1. The van der Waals surface area contributed by atoms with E-state index in [-0.39, 0.29) is 6.61 Å². The van der Waals surface area contributed by atoms with Crippen molar-refractivity contribution in [1.82, 2.24) is 5.32 Å². The Morgan fingerprint density at radius 3 is 2.86 bits per heavy atom. The Bertz CT molecular complexity index is 212. The summed E-state index contributed by atoms with van der Waals surface area (Å²) in [7, 11) is 1.70. The van der Waals surface area contributed by atoms with Crippen molar-refractivity contribution in [3.63, 3.8) is 0 Å². The van der Waals surface area contributed by atoms with Crippen LogP contribution in [0.25, 0.3) is 0 Å². The maximum absolute atomic E-state index is 11.1. The van der Waals surface area contributed by atoms with Gasteiger partial charge < -0.3 is 15.5 Å². The van der Waals surface area contributed by atoms with Crippen molar-refractivity contribution >= 4 is 17.7 Å². The highest BCUT2D eigenvalue weighted by Crippen LogP contribution is 2.36. The number of carboxylic acids is 1. The van der Waals surface area contributed by atoms with Gasteiger partial charge in [-0.15, -0.1) is 0 Å². The molecular formula is C9H17NO3S. The second-order valence-electron chi connectivity index (χ2n) is 3.60. The first-order valence-electron chi connectivity index (χ1n) is 4.79. The fraction of sp³-hybridized carbons (Fsp3) is 0.889. The van der Waals surface area contributed by atoms with Crippen LogP contribution in [0.15, 0.2) is 0 Å². The Labute approximate surface area is 88.1 Å². The molecule has 1 fully saturated rings. The first-order valence-corrected chi connectivity index (χ1v) is 5.84. The second kappa shape index (κ2) is 5.00. The molecule has 0 aromatic rings. The minimum atomic E-state index is -0.757. The monoisotopic (exact) mass is 219 g/mol. The molecule has 0 aromatic carbocycles. The zero-order valence-corrected chi connectivity index (χ0v) is 9.14. The van der Waals surface area contributed by atoms with Crippen LogP contribution in [0.5, 0.6) is 0 Å². The number of hydrogen-bond donors (Lipinski definition) is 3. The third-order valence-electron chi connectivity index (χ3n) is 2.80. The molecule has 0 bridgehead atoms. The van der Waals surface area contributed by atoms with E-state index in [0.29, 0.717) is 23.8 Å². The minimum absolute atomic E-state index is 0.167. The van der Waals surface area contributed by atoms with Gasteiger partial charge in [-0.05, 0) is 26.3 Å². The third-order valence-corrected chi connectivity index (χ3v) is 4.09. The zero-order chi connectivity index (χ0) is 10.6. The molecule has 0 spiro atoms. The van der Waals surface area contributed by atoms with E-state index in [1.54, 1.807) is 18.8 Å². The fourth-order valence-electron chi connectivity index (χ4n) is 1.89. The van der Waals surface area contributed by atoms with Crippen LogP contribution in [-0.2, 0) is 4.79 Å².